The minimum atomic E-state index is 0.112. The van der Waals surface area contributed by atoms with Crippen molar-refractivity contribution in [3.63, 3.8) is 0 Å². The number of piperidine rings is 1. The second kappa shape index (κ2) is 10.5. The van der Waals surface area contributed by atoms with Gasteiger partial charge in [-0.1, -0.05) is 12.1 Å². The Kier molecular flexibility index (Phi) is 7.22. The minimum absolute atomic E-state index is 0.112. The van der Waals surface area contributed by atoms with Gasteiger partial charge >= 0.3 is 0 Å². The van der Waals surface area contributed by atoms with Crippen molar-refractivity contribution in [1.82, 2.24) is 15.1 Å². The largest absolute Gasteiger partial charge is 0.497 e. The second-order valence-electron chi connectivity index (χ2n) is 8.67. The van der Waals surface area contributed by atoms with E-state index >= 15 is 0 Å². The highest BCUT2D eigenvalue weighted by atomic mass is 16.5. The van der Waals surface area contributed by atoms with Crippen LogP contribution in [-0.2, 0) is 11.3 Å². The molecule has 168 valence electrons. The van der Waals surface area contributed by atoms with Crippen molar-refractivity contribution in [2.24, 2.45) is 5.92 Å². The van der Waals surface area contributed by atoms with Crippen molar-refractivity contribution in [2.45, 2.75) is 39.2 Å². The third-order valence-electron chi connectivity index (χ3n) is 6.28. The van der Waals surface area contributed by atoms with Gasteiger partial charge in [-0.2, -0.15) is 5.10 Å². The smallest absolute Gasteiger partial charge is 0.224 e. The first-order chi connectivity index (χ1) is 15.6. The average Bonchev–Trinajstić information content (AvgIpc) is 3.27. The number of ether oxygens (including phenoxy) is 1. The lowest BCUT2D eigenvalue weighted by atomic mass is 9.91. The lowest BCUT2D eigenvalue weighted by Gasteiger charge is -2.31. The quantitative estimate of drug-likeness (QED) is 0.524. The highest BCUT2D eigenvalue weighted by molar-refractivity contribution is 5.90. The lowest BCUT2D eigenvalue weighted by molar-refractivity contribution is -0.116. The van der Waals surface area contributed by atoms with Gasteiger partial charge in [0.15, 0.2) is 0 Å². The molecule has 1 aliphatic heterocycles. The first-order valence-corrected chi connectivity index (χ1v) is 11.4. The number of nitrogens with zero attached hydrogens (tertiary/aromatic N) is 2. The van der Waals surface area contributed by atoms with Gasteiger partial charge in [0.1, 0.15) is 5.75 Å². The van der Waals surface area contributed by atoms with E-state index in [1.54, 1.807) is 7.11 Å². The summed E-state index contributed by atoms with van der Waals surface area (Å²) in [5.41, 5.74) is 5.45. The molecule has 2 N–H and O–H groups in total. The van der Waals surface area contributed by atoms with Crippen LogP contribution >= 0.6 is 0 Å². The van der Waals surface area contributed by atoms with Gasteiger partial charge in [0.2, 0.25) is 5.91 Å². The molecular formula is C26H32N4O2. The van der Waals surface area contributed by atoms with Crippen molar-refractivity contribution >= 4 is 11.6 Å². The fraction of sp³-hybridized carbons (Fsp3) is 0.385. The van der Waals surface area contributed by atoms with Crippen LogP contribution in [0.5, 0.6) is 5.75 Å². The van der Waals surface area contributed by atoms with Gasteiger partial charge in [0.05, 0.1) is 19.0 Å². The number of aromatic amines is 1. The van der Waals surface area contributed by atoms with E-state index in [-0.39, 0.29) is 5.91 Å². The first-order valence-electron chi connectivity index (χ1n) is 11.4. The van der Waals surface area contributed by atoms with Gasteiger partial charge in [-0.05, 0) is 87.2 Å². The van der Waals surface area contributed by atoms with Gasteiger partial charge in [-0.15, -0.1) is 0 Å². The molecule has 0 atom stereocenters. The molecule has 0 saturated carbocycles. The molecule has 0 bridgehead atoms. The Morgan fingerprint density at radius 2 is 1.97 bits per heavy atom. The predicted octanol–water partition coefficient (Wildman–Crippen LogP) is 5.02. The number of aromatic nitrogens is 2. The van der Waals surface area contributed by atoms with Crippen LogP contribution in [0.15, 0.2) is 54.7 Å². The van der Waals surface area contributed by atoms with Crippen LogP contribution in [0.2, 0.25) is 0 Å². The molecule has 0 aliphatic carbocycles. The van der Waals surface area contributed by atoms with Crippen LogP contribution in [0.1, 0.15) is 36.8 Å². The molecular weight excluding hydrogens is 400 g/mol. The summed E-state index contributed by atoms with van der Waals surface area (Å²) < 4.78 is 5.26. The lowest BCUT2D eigenvalue weighted by Crippen LogP contribution is -2.33. The van der Waals surface area contributed by atoms with Crippen LogP contribution in [-0.4, -0.2) is 41.2 Å². The van der Waals surface area contributed by atoms with Gasteiger partial charge in [-0.25, -0.2) is 0 Å². The van der Waals surface area contributed by atoms with E-state index in [0.29, 0.717) is 12.3 Å². The predicted molar refractivity (Wildman–Crippen MR) is 128 cm³/mol. The number of amides is 1. The summed E-state index contributed by atoms with van der Waals surface area (Å²) in [5, 5.41) is 10.5. The molecule has 6 heteroatoms. The molecule has 0 spiro atoms. The van der Waals surface area contributed by atoms with Gasteiger partial charge in [0, 0.05) is 29.8 Å². The van der Waals surface area contributed by atoms with Crippen LogP contribution in [0, 0.1) is 12.8 Å². The SMILES string of the molecule is COc1ccc(-c2[nH]ncc2CN2CCC(CCC(=O)Nc3cccc(C)c3)CC2)cc1. The fourth-order valence-corrected chi connectivity index (χ4v) is 4.39. The number of hydrogen-bond acceptors (Lipinski definition) is 4. The van der Waals surface area contributed by atoms with Crippen molar-refractivity contribution in [3.8, 4) is 17.0 Å². The molecule has 2 heterocycles. The minimum Gasteiger partial charge on any atom is -0.497 e. The van der Waals surface area contributed by atoms with Gasteiger partial charge in [0.25, 0.3) is 0 Å². The number of carbonyl (C=O) groups is 1. The summed E-state index contributed by atoms with van der Waals surface area (Å²) >= 11 is 0. The Labute approximate surface area is 190 Å². The Hall–Kier alpha value is -3.12. The Morgan fingerprint density at radius 3 is 2.69 bits per heavy atom. The van der Waals surface area contributed by atoms with E-state index in [1.165, 1.54) is 5.56 Å². The summed E-state index contributed by atoms with van der Waals surface area (Å²) in [4.78, 5) is 14.8. The Morgan fingerprint density at radius 1 is 1.19 bits per heavy atom. The standard InChI is InChI=1S/C26H32N4O2/c1-19-4-3-5-23(16-19)28-25(31)11-6-20-12-14-30(15-13-20)18-22-17-27-29-26(22)21-7-9-24(32-2)10-8-21/h3-5,7-10,16-17,20H,6,11-15,18H2,1-2H3,(H,27,29)(H,28,31). The molecule has 4 rings (SSSR count). The number of anilines is 1. The van der Waals surface area contributed by atoms with Crippen molar-refractivity contribution in [3.05, 3.63) is 65.9 Å². The summed E-state index contributed by atoms with van der Waals surface area (Å²) in [6, 6.07) is 16.0. The van der Waals surface area contributed by atoms with E-state index in [4.69, 9.17) is 4.74 Å². The molecule has 6 nitrogen and oxygen atoms in total. The Balaban J connectivity index is 1.23. The molecule has 0 radical (unpaired) electrons. The Bertz CT molecular complexity index is 1020. The monoisotopic (exact) mass is 432 g/mol. The number of methoxy groups -OCH3 is 1. The van der Waals surface area contributed by atoms with Crippen LogP contribution in [0.25, 0.3) is 11.3 Å². The van der Waals surface area contributed by atoms with E-state index in [0.717, 1.165) is 67.2 Å². The summed E-state index contributed by atoms with van der Waals surface area (Å²) in [6.45, 7) is 5.03. The number of nitrogens with one attached hydrogen (secondary N) is 2. The fourth-order valence-electron chi connectivity index (χ4n) is 4.39. The number of hydrogen-bond donors (Lipinski definition) is 2. The van der Waals surface area contributed by atoms with Crippen molar-refractivity contribution < 1.29 is 9.53 Å². The van der Waals surface area contributed by atoms with Gasteiger partial charge in [-0.3, -0.25) is 14.8 Å². The van der Waals surface area contributed by atoms with E-state index in [2.05, 4.69) is 32.5 Å². The second-order valence-corrected chi connectivity index (χ2v) is 8.67. The molecule has 1 aliphatic rings. The number of likely N-dealkylation sites (tertiary alicyclic amines) is 1. The maximum Gasteiger partial charge on any atom is 0.224 e. The average molecular weight is 433 g/mol. The highest BCUT2D eigenvalue weighted by Gasteiger charge is 2.21. The van der Waals surface area contributed by atoms with Crippen LogP contribution in [0.3, 0.4) is 0 Å². The zero-order valence-electron chi connectivity index (χ0n) is 18.9. The van der Waals surface area contributed by atoms with E-state index in [9.17, 15) is 4.79 Å². The molecule has 1 amide bonds. The third kappa shape index (κ3) is 5.77. The summed E-state index contributed by atoms with van der Waals surface area (Å²) in [6.07, 6.45) is 5.73. The zero-order chi connectivity index (χ0) is 22.3. The normalized spacial score (nSPS) is 14.9. The van der Waals surface area contributed by atoms with Crippen molar-refractivity contribution in [2.75, 3.05) is 25.5 Å². The molecule has 32 heavy (non-hydrogen) atoms. The summed E-state index contributed by atoms with van der Waals surface area (Å²) in [5.74, 6) is 1.57. The number of aryl methyl sites for hydroxylation is 1. The number of carbonyl (C=O) groups excluding carboxylic acids is 1. The molecule has 1 saturated heterocycles. The molecule has 1 fully saturated rings. The maximum atomic E-state index is 12.3. The van der Waals surface area contributed by atoms with E-state index in [1.807, 2.05) is 49.5 Å². The molecule has 2 aromatic carbocycles. The third-order valence-corrected chi connectivity index (χ3v) is 6.28. The zero-order valence-corrected chi connectivity index (χ0v) is 18.9. The van der Waals surface area contributed by atoms with Crippen molar-refractivity contribution in [1.29, 1.82) is 0 Å². The number of benzene rings is 2. The number of H-pyrrole nitrogens is 1. The van der Waals surface area contributed by atoms with E-state index < -0.39 is 0 Å². The van der Waals surface area contributed by atoms with Crippen LogP contribution in [0.4, 0.5) is 5.69 Å². The van der Waals surface area contributed by atoms with Crippen LogP contribution < -0.4 is 10.1 Å². The number of rotatable bonds is 8. The van der Waals surface area contributed by atoms with Gasteiger partial charge < -0.3 is 10.1 Å². The topological polar surface area (TPSA) is 70.2 Å². The first kappa shape index (κ1) is 22.1. The summed E-state index contributed by atoms with van der Waals surface area (Å²) in [7, 11) is 1.68. The maximum absolute atomic E-state index is 12.3. The molecule has 0 unspecified atom stereocenters. The molecule has 3 aromatic rings. The highest BCUT2D eigenvalue weighted by Crippen LogP contribution is 2.27. The molecule has 1 aromatic heterocycles.